The molecule has 1 amide bonds. The maximum atomic E-state index is 12.6. The Morgan fingerprint density at radius 3 is 2.62 bits per heavy atom. The second-order valence-electron chi connectivity index (χ2n) is 6.71. The van der Waals surface area contributed by atoms with Gasteiger partial charge in [0.15, 0.2) is 5.76 Å². The van der Waals surface area contributed by atoms with Crippen molar-refractivity contribution in [2.24, 2.45) is 0 Å². The molecule has 0 unspecified atom stereocenters. The van der Waals surface area contributed by atoms with Gasteiger partial charge < -0.3 is 9.32 Å². The average molecular weight is 375 g/mol. The second kappa shape index (κ2) is 8.64. The Labute approximate surface area is 157 Å². The Bertz CT molecular complexity index is 779. The van der Waals surface area contributed by atoms with E-state index in [9.17, 15) is 9.00 Å². The summed E-state index contributed by atoms with van der Waals surface area (Å²) in [4.78, 5) is 17.6. The zero-order valence-electron chi connectivity index (χ0n) is 15.4. The first kappa shape index (κ1) is 18.9. The number of hydrogen-bond donors (Lipinski definition) is 0. The predicted molar refractivity (Wildman–Crippen MR) is 103 cm³/mol. The van der Waals surface area contributed by atoms with Crippen LogP contribution in [0.2, 0.25) is 0 Å². The van der Waals surface area contributed by atoms with Gasteiger partial charge in [-0.1, -0.05) is 19.1 Å². The van der Waals surface area contributed by atoms with Crippen LogP contribution in [0.5, 0.6) is 0 Å². The van der Waals surface area contributed by atoms with E-state index in [1.165, 1.54) is 0 Å². The van der Waals surface area contributed by atoms with Crippen molar-refractivity contribution in [2.75, 3.05) is 32.7 Å². The Morgan fingerprint density at radius 1 is 1.15 bits per heavy atom. The van der Waals surface area contributed by atoms with E-state index >= 15 is 0 Å². The van der Waals surface area contributed by atoms with Gasteiger partial charge in [0.1, 0.15) is 5.76 Å². The number of rotatable bonds is 6. The lowest BCUT2D eigenvalue weighted by atomic mass is 10.2. The van der Waals surface area contributed by atoms with Gasteiger partial charge in [-0.15, -0.1) is 0 Å². The molecule has 140 valence electrons. The summed E-state index contributed by atoms with van der Waals surface area (Å²) in [7, 11) is -1.18. The lowest BCUT2D eigenvalue weighted by Gasteiger charge is -2.34. The number of amides is 1. The van der Waals surface area contributed by atoms with Crippen LogP contribution in [-0.4, -0.2) is 52.6 Å². The van der Waals surface area contributed by atoms with Crippen molar-refractivity contribution in [3.63, 3.8) is 0 Å². The Hall–Kier alpha value is -1.92. The molecule has 1 aliphatic heterocycles. The van der Waals surface area contributed by atoms with Gasteiger partial charge in [0.05, 0.1) is 16.6 Å². The minimum absolute atomic E-state index is 0.0752. The summed E-state index contributed by atoms with van der Waals surface area (Å²) >= 11 is 0. The van der Waals surface area contributed by atoms with Gasteiger partial charge >= 0.3 is 0 Å². The van der Waals surface area contributed by atoms with Gasteiger partial charge in [0, 0.05) is 31.1 Å². The molecule has 2 aromatic rings. The summed E-state index contributed by atoms with van der Waals surface area (Å²) in [6, 6.07) is 11.1. The number of furan rings is 1. The topological polar surface area (TPSA) is 53.8 Å². The maximum absolute atomic E-state index is 12.6. The molecule has 1 aromatic heterocycles. The van der Waals surface area contributed by atoms with Gasteiger partial charge in [-0.3, -0.25) is 13.9 Å². The highest BCUT2D eigenvalue weighted by Gasteiger charge is 2.24. The highest BCUT2D eigenvalue weighted by atomic mass is 32.2. The largest absolute Gasteiger partial charge is 0.455 e. The number of aryl methyl sites for hydroxylation is 1. The summed E-state index contributed by atoms with van der Waals surface area (Å²) in [6.07, 6.45) is 1.13. The zero-order chi connectivity index (χ0) is 18.5. The molecule has 26 heavy (non-hydrogen) atoms. The summed E-state index contributed by atoms with van der Waals surface area (Å²) < 4.78 is 18.2. The van der Waals surface area contributed by atoms with E-state index in [2.05, 4.69) is 11.8 Å². The van der Waals surface area contributed by atoms with Crippen molar-refractivity contribution in [1.29, 1.82) is 0 Å². The monoisotopic (exact) mass is 374 g/mol. The van der Waals surface area contributed by atoms with Crippen molar-refractivity contribution in [2.45, 2.75) is 30.9 Å². The van der Waals surface area contributed by atoms with Gasteiger partial charge in [-0.05, 0) is 49.7 Å². The molecule has 5 nitrogen and oxygen atoms in total. The van der Waals surface area contributed by atoms with Crippen molar-refractivity contribution in [3.05, 3.63) is 53.5 Å². The third-order valence-corrected chi connectivity index (χ3v) is 5.92. The van der Waals surface area contributed by atoms with E-state index in [1.807, 2.05) is 36.1 Å². The summed E-state index contributed by atoms with van der Waals surface area (Å²) in [5.74, 6) is 1.12. The van der Waals surface area contributed by atoms with E-state index in [1.54, 1.807) is 12.1 Å². The predicted octanol–water partition coefficient (Wildman–Crippen LogP) is 3.06. The summed E-state index contributed by atoms with van der Waals surface area (Å²) in [5, 5.41) is 0. The fraction of sp³-hybridized carbons (Fsp3) is 0.450. The normalized spacial score (nSPS) is 16.6. The molecule has 6 heteroatoms. The Balaban J connectivity index is 1.59. The molecule has 1 atom stereocenters. The summed E-state index contributed by atoms with van der Waals surface area (Å²) in [5.41, 5.74) is 1.08. The van der Waals surface area contributed by atoms with Crippen LogP contribution in [0.4, 0.5) is 0 Å². The number of hydrogen-bond acceptors (Lipinski definition) is 4. The first-order valence-electron chi connectivity index (χ1n) is 9.12. The molecule has 0 bridgehead atoms. The SMILES string of the molecule is CCCN1CCN(C(=O)c2ccc(C[S@@](=O)c3cccc(C)c3)o2)CC1. The molecule has 0 aliphatic carbocycles. The molecule has 3 rings (SSSR count). The van der Waals surface area contributed by atoms with Crippen LogP contribution >= 0.6 is 0 Å². The van der Waals surface area contributed by atoms with Crippen molar-refractivity contribution in [1.82, 2.24) is 9.80 Å². The van der Waals surface area contributed by atoms with Crippen molar-refractivity contribution in [3.8, 4) is 0 Å². The lowest BCUT2D eigenvalue weighted by Crippen LogP contribution is -2.48. The molecule has 1 aliphatic rings. The highest BCUT2D eigenvalue weighted by Crippen LogP contribution is 2.18. The third-order valence-electron chi connectivity index (χ3n) is 4.60. The van der Waals surface area contributed by atoms with Gasteiger partial charge in [-0.2, -0.15) is 0 Å². The van der Waals surface area contributed by atoms with Crippen molar-refractivity contribution < 1.29 is 13.4 Å². The Morgan fingerprint density at radius 2 is 1.92 bits per heavy atom. The first-order valence-corrected chi connectivity index (χ1v) is 10.4. The van der Waals surface area contributed by atoms with Crippen LogP contribution in [-0.2, 0) is 16.6 Å². The quantitative estimate of drug-likeness (QED) is 0.780. The van der Waals surface area contributed by atoms with Crippen LogP contribution in [0.15, 0.2) is 45.7 Å². The highest BCUT2D eigenvalue weighted by molar-refractivity contribution is 7.84. The van der Waals surface area contributed by atoms with Crippen LogP contribution in [0.1, 0.15) is 35.2 Å². The molecule has 0 spiro atoms. The molecule has 1 saturated heterocycles. The van der Waals surface area contributed by atoms with E-state index in [0.717, 1.165) is 49.6 Å². The van der Waals surface area contributed by atoms with Crippen LogP contribution < -0.4 is 0 Å². The number of nitrogens with zero attached hydrogens (tertiary/aromatic N) is 2. The first-order chi connectivity index (χ1) is 12.6. The zero-order valence-corrected chi connectivity index (χ0v) is 16.3. The second-order valence-corrected chi connectivity index (χ2v) is 8.16. The smallest absolute Gasteiger partial charge is 0.289 e. The van der Waals surface area contributed by atoms with Gasteiger partial charge in [0.2, 0.25) is 0 Å². The maximum Gasteiger partial charge on any atom is 0.289 e. The standard InChI is InChI=1S/C20H26N2O3S/c1-3-9-21-10-12-22(13-11-21)20(23)19-8-7-17(25-19)15-26(24)18-6-4-5-16(2)14-18/h4-8,14H,3,9-13,15H2,1-2H3/t26-/m1/s1. The fourth-order valence-electron chi connectivity index (χ4n) is 3.19. The Kier molecular flexibility index (Phi) is 6.27. The van der Waals surface area contributed by atoms with E-state index < -0.39 is 10.8 Å². The minimum Gasteiger partial charge on any atom is -0.455 e. The van der Waals surface area contributed by atoms with Crippen LogP contribution in [0.3, 0.4) is 0 Å². The number of piperazine rings is 1. The van der Waals surface area contributed by atoms with Crippen molar-refractivity contribution >= 4 is 16.7 Å². The van der Waals surface area contributed by atoms with Gasteiger partial charge in [-0.25, -0.2) is 0 Å². The van der Waals surface area contributed by atoms with Gasteiger partial charge in [0.25, 0.3) is 5.91 Å². The molecule has 0 N–H and O–H groups in total. The molecular weight excluding hydrogens is 348 g/mol. The molecular formula is C20H26N2O3S. The molecule has 2 heterocycles. The third kappa shape index (κ3) is 4.62. The minimum atomic E-state index is -1.18. The lowest BCUT2D eigenvalue weighted by molar-refractivity contribution is 0.0605. The van der Waals surface area contributed by atoms with E-state index in [0.29, 0.717) is 11.5 Å². The van der Waals surface area contributed by atoms with Crippen LogP contribution in [0, 0.1) is 6.92 Å². The average Bonchev–Trinajstić information content (AvgIpc) is 3.10. The molecule has 1 aromatic carbocycles. The number of benzene rings is 1. The van der Waals surface area contributed by atoms with E-state index in [4.69, 9.17) is 4.42 Å². The molecule has 0 saturated carbocycles. The van der Waals surface area contributed by atoms with E-state index in [-0.39, 0.29) is 11.7 Å². The summed E-state index contributed by atoms with van der Waals surface area (Å²) in [6.45, 7) is 8.49. The number of carbonyl (C=O) groups is 1. The number of carbonyl (C=O) groups excluding carboxylic acids is 1. The fourth-order valence-corrected chi connectivity index (χ4v) is 4.31. The molecule has 1 fully saturated rings. The molecule has 0 radical (unpaired) electrons. The van der Waals surface area contributed by atoms with Crippen LogP contribution in [0.25, 0.3) is 0 Å².